The lowest BCUT2D eigenvalue weighted by molar-refractivity contribution is 0.0753. The van der Waals surface area contributed by atoms with Crippen LogP contribution < -0.4 is 5.32 Å². The lowest BCUT2D eigenvalue weighted by Gasteiger charge is -2.37. The van der Waals surface area contributed by atoms with Crippen LogP contribution in [0.1, 0.15) is 13.8 Å². The van der Waals surface area contributed by atoms with E-state index >= 15 is 0 Å². The number of aliphatic hydroxyl groups excluding tert-OH is 1. The van der Waals surface area contributed by atoms with Crippen LogP contribution in [0.2, 0.25) is 0 Å². The van der Waals surface area contributed by atoms with Crippen molar-refractivity contribution in [3.63, 3.8) is 0 Å². The van der Waals surface area contributed by atoms with Crippen molar-refractivity contribution in [2.45, 2.75) is 25.9 Å². The maximum absolute atomic E-state index is 9.03. The minimum Gasteiger partial charge on any atom is -0.395 e. The van der Waals surface area contributed by atoms with E-state index in [9.17, 15) is 0 Å². The summed E-state index contributed by atoms with van der Waals surface area (Å²) >= 11 is 0. The van der Waals surface area contributed by atoms with Gasteiger partial charge in [-0.15, -0.1) is 0 Å². The predicted molar refractivity (Wildman–Crippen MR) is 45.6 cm³/mol. The Bertz CT molecular complexity index is 117. The Labute approximate surface area is 68.4 Å². The van der Waals surface area contributed by atoms with Gasteiger partial charge in [0.2, 0.25) is 0 Å². The number of nitrogens with one attached hydrogen (secondary N) is 1. The molecule has 0 bridgehead atoms. The lowest BCUT2D eigenvalue weighted by Crippen LogP contribution is -2.55. The number of hydrogen-bond acceptors (Lipinski definition) is 3. The van der Waals surface area contributed by atoms with Gasteiger partial charge in [0, 0.05) is 31.7 Å². The van der Waals surface area contributed by atoms with Crippen LogP contribution in [0.15, 0.2) is 0 Å². The summed E-state index contributed by atoms with van der Waals surface area (Å²) in [6, 6.07) is 0.873. The molecule has 1 rings (SSSR count). The van der Waals surface area contributed by atoms with Crippen LogP contribution >= 0.6 is 0 Å². The first-order valence-electron chi connectivity index (χ1n) is 4.33. The molecule has 1 saturated heterocycles. The predicted octanol–water partition coefficient (Wildman–Crippen LogP) is -0.339. The molecule has 11 heavy (non-hydrogen) atoms. The van der Waals surface area contributed by atoms with Crippen molar-refractivity contribution >= 4 is 0 Å². The summed E-state index contributed by atoms with van der Waals surface area (Å²) < 4.78 is 0. The first-order valence-corrected chi connectivity index (χ1v) is 4.33. The van der Waals surface area contributed by atoms with Crippen LogP contribution in [0.25, 0.3) is 0 Å². The average molecular weight is 158 g/mol. The van der Waals surface area contributed by atoms with Crippen molar-refractivity contribution in [2.24, 2.45) is 0 Å². The zero-order chi connectivity index (χ0) is 8.27. The molecule has 66 valence electrons. The topological polar surface area (TPSA) is 35.5 Å². The highest BCUT2D eigenvalue weighted by Gasteiger charge is 2.22. The fourth-order valence-electron chi connectivity index (χ4n) is 1.63. The highest BCUT2D eigenvalue weighted by atomic mass is 16.3. The van der Waals surface area contributed by atoms with E-state index in [2.05, 4.69) is 24.1 Å². The van der Waals surface area contributed by atoms with Gasteiger partial charge in [0.05, 0.1) is 6.61 Å². The fourth-order valence-corrected chi connectivity index (χ4v) is 1.63. The molecule has 3 nitrogen and oxygen atoms in total. The summed E-state index contributed by atoms with van der Waals surface area (Å²) in [5.41, 5.74) is 0. The normalized spacial score (nSPS) is 27.8. The largest absolute Gasteiger partial charge is 0.395 e. The number of rotatable bonds is 2. The van der Waals surface area contributed by atoms with Crippen LogP contribution in [0.3, 0.4) is 0 Å². The molecule has 0 saturated carbocycles. The van der Waals surface area contributed by atoms with Crippen molar-refractivity contribution in [1.29, 1.82) is 0 Å². The quantitative estimate of drug-likeness (QED) is 0.577. The van der Waals surface area contributed by atoms with Gasteiger partial charge in [-0.05, 0) is 13.8 Å². The summed E-state index contributed by atoms with van der Waals surface area (Å²) in [4.78, 5) is 2.34. The second kappa shape index (κ2) is 4.04. The van der Waals surface area contributed by atoms with Crippen molar-refractivity contribution in [3.8, 4) is 0 Å². The molecule has 0 amide bonds. The molecular weight excluding hydrogens is 140 g/mol. The fraction of sp³-hybridized carbons (Fsp3) is 1.00. The molecule has 0 unspecified atom stereocenters. The van der Waals surface area contributed by atoms with Crippen molar-refractivity contribution < 1.29 is 5.11 Å². The molecule has 2 N–H and O–H groups in total. The molecule has 0 aromatic rings. The number of nitrogens with zero attached hydrogens (tertiary/aromatic N) is 1. The van der Waals surface area contributed by atoms with E-state index in [4.69, 9.17) is 5.11 Å². The van der Waals surface area contributed by atoms with E-state index in [1.54, 1.807) is 0 Å². The molecule has 1 atom stereocenters. The van der Waals surface area contributed by atoms with Gasteiger partial charge in [-0.3, -0.25) is 4.90 Å². The standard InChI is InChI=1S/C8H18N2O/c1-7(2)10-4-3-9-5-8(10)6-11/h7-9,11H,3-6H2,1-2H3/t8-/m1/s1. The molecule has 3 heteroatoms. The van der Waals surface area contributed by atoms with Gasteiger partial charge in [0.15, 0.2) is 0 Å². The van der Waals surface area contributed by atoms with Crippen LogP contribution in [0.5, 0.6) is 0 Å². The van der Waals surface area contributed by atoms with Gasteiger partial charge in [0.1, 0.15) is 0 Å². The van der Waals surface area contributed by atoms with Gasteiger partial charge < -0.3 is 10.4 Å². The van der Waals surface area contributed by atoms with E-state index in [1.165, 1.54) is 0 Å². The van der Waals surface area contributed by atoms with E-state index in [1.807, 2.05) is 0 Å². The minimum atomic E-state index is 0.269. The van der Waals surface area contributed by atoms with Crippen molar-refractivity contribution in [2.75, 3.05) is 26.2 Å². The molecule has 0 radical (unpaired) electrons. The number of piperazine rings is 1. The number of aliphatic hydroxyl groups is 1. The first kappa shape index (κ1) is 8.97. The second-order valence-electron chi connectivity index (χ2n) is 3.37. The summed E-state index contributed by atoms with van der Waals surface area (Å²) in [7, 11) is 0. The molecule has 0 aliphatic carbocycles. The summed E-state index contributed by atoms with van der Waals surface area (Å²) in [5, 5.41) is 12.3. The van der Waals surface area contributed by atoms with Gasteiger partial charge in [-0.25, -0.2) is 0 Å². The van der Waals surface area contributed by atoms with Crippen LogP contribution in [0.4, 0.5) is 0 Å². The first-order chi connectivity index (χ1) is 5.25. The summed E-state index contributed by atoms with van der Waals surface area (Å²) in [6.45, 7) is 7.65. The van der Waals surface area contributed by atoms with Crippen LogP contribution in [-0.2, 0) is 0 Å². The minimum absolute atomic E-state index is 0.269. The van der Waals surface area contributed by atoms with Gasteiger partial charge in [-0.2, -0.15) is 0 Å². The third-order valence-corrected chi connectivity index (χ3v) is 2.27. The monoisotopic (exact) mass is 158 g/mol. The van der Waals surface area contributed by atoms with E-state index < -0.39 is 0 Å². The van der Waals surface area contributed by atoms with Crippen molar-refractivity contribution in [3.05, 3.63) is 0 Å². The Kier molecular flexibility index (Phi) is 3.30. The highest BCUT2D eigenvalue weighted by molar-refractivity contribution is 4.80. The SMILES string of the molecule is CC(C)N1CCNC[C@@H]1CO. The molecule has 0 aromatic heterocycles. The molecule has 1 heterocycles. The highest BCUT2D eigenvalue weighted by Crippen LogP contribution is 2.06. The number of hydrogen-bond donors (Lipinski definition) is 2. The summed E-state index contributed by atoms with van der Waals surface area (Å²) in [5.74, 6) is 0. The molecule has 1 aliphatic heterocycles. The zero-order valence-electron chi connectivity index (χ0n) is 7.38. The average Bonchev–Trinajstić information content (AvgIpc) is 2.04. The second-order valence-corrected chi connectivity index (χ2v) is 3.37. The van der Waals surface area contributed by atoms with Crippen LogP contribution in [0, 0.1) is 0 Å². The third-order valence-electron chi connectivity index (χ3n) is 2.27. The van der Waals surface area contributed by atoms with E-state index in [0.29, 0.717) is 12.1 Å². The lowest BCUT2D eigenvalue weighted by atomic mass is 10.1. The molecular formula is C8H18N2O. The van der Waals surface area contributed by atoms with Gasteiger partial charge in [-0.1, -0.05) is 0 Å². The Morgan fingerprint density at radius 2 is 2.36 bits per heavy atom. The van der Waals surface area contributed by atoms with Gasteiger partial charge >= 0.3 is 0 Å². The Hall–Kier alpha value is -0.120. The third kappa shape index (κ3) is 2.15. The smallest absolute Gasteiger partial charge is 0.0599 e. The summed E-state index contributed by atoms with van der Waals surface area (Å²) in [6.07, 6.45) is 0. The van der Waals surface area contributed by atoms with Crippen LogP contribution in [-0.4, -0.2) is 48.3 Å². The van der Waals surface area contributed by atoms with Gasteiger partial charge in [0.25, 0.3) is 0 Å². The maximum Gasteiger partial charge on any atom is 0.0599 e. The zero-order valence-corrected chi connectivity index (χ0v) is 7.38. The maximum atomic E-state index is 9.03. The molecule has 0 spiro atoms. The Balaban J connectivity index is 2.44. The molecule has 1 fully saturated rings. The van der Waals surface area contributed by atoms with E-state index in [0.717, 1.165) is 19.6 Å². The molecule has 0 aromatic carbocycles. The van der Waals surface area contributed by atoms with E-state index in [-0.39, 0.29) is 6.61 Å². The van der Waals surface area contributed by atoms with Crippen molar-refractivity contribution in [1.82, 2.24) is 10.2 Å². The Morgan fingerprint density at radius 3 is 2.82 bits per heavy atom. The Morgan fingerprint density at radius 1 is 1.64 bits per heavy atom. The molecule has 1 aliphatic rings.